The van der Waals surface area contributed by atoms with E-state index >= 15 is 0 Å². The minimum atomic E-state index is -0.635. The first-order chi connectivity index (χ1) is 10.2. The first kappa shape index (κ1) is 15.2. The number of anilines is 1. The molecule has 0 amide bonds. The van der Waals surface area contributed by atoms with Crippen molar-refractivity contribution in [3.63, 3.8) is 0 Å². The van der Waals surface area contributed by atoms with Crippen LogP contribution in [0.5, 0.6) is 11.6 Å². The topological polar surface area (TPSA) is 70.8 Å². The molecule has 7 heteroatoms. The van der Waals surface area contributed by atoms with Gasteiger partial charge in [-0.1, -0.05) is 6.92 Å². The minimum Gasteiger partial charge on any atom is -0.438 e. The first-order valence-electron chi connectivity index (χ1n) is 6.27. The molecule has 0 spiro atoms. The Morgan fingerprint density at radius 3 is 2.90 bits per heavy atom. The van der Waals surface area contributed by atoms with Gasteiger partial charge in [-0.15, -0.1) is 0 Å². The number of nitriles is 1. The summed E-state index contributed by atoms with van der Waals surface area (Å²) in [4.78, 5) is 8.10. The highest BCUT2D eigenvalue weighted by Crippen LogP contribution is 2.32. The second-order valence-corrected chi connectivity index (χ2v) is 4.92. The molecule has 0 atom stereocenters. The van der Waals surface area contributed by atoms with Crippen molar-refractivity contribution >= 4 is 21.7 Å². The Bertz CT molecular complexity index is 687. The lowest BCUT2D eigenvalue weighted by Crippen LogP contribution is -2.04. The van der Waals surface area contributed by atoms with Crippen LogP contribution in [0.25, 0.3) is 0 Å². The van der Waals surface area contributed by atoms with Crippen molar-refractivity contribution in [1.82, 2.24) is 9.97 Å². The zero-order valence-corrected chi connectivity index (χ0v) is 12.8. The van der Waals surface area contributed by atoms with Crippen LogP contribution in [0.15, 0.2) is 29.0 Å². The Labute approximate surface area is 129 Å². The highest BCUT2D eigenvalue weighted by atomic mass is 79.9. The van der Waals surface area contributed by atoms with Crippen LogP contribution in [0.3, 0.4) is 0 Å². The summed E-state index contributed by atoms with van der Waals surface area (Å²) in [6.07, 6.45) is 2.31. The largest absolute Gasteiger partial charge is 0.438 e. The van der Waals surface area contributed by atoms with E-state index in [1.165, 1.54) is 18.5 Å². The van der Waals surface area contributed by atoms with E-state index in [0.29, 0.717) is 10.3 Å². The molecule has 0 aliphatic heterocycles. The van der Waals surface area contributed by atoms with Crippen molar-refractivity contribution in [3.8, 4) is 17.7 Å². The second kappa shape index (κ2) is 6.99. The predicted molar refractivity (Wildman–Crippen MR) is 79.7 cm³/mol. The van der Waals surface area contributed by atoms with E-state index in [1.807, 2.05) is 6.92 Å². The van der Waals surface area contributed by atoms with Crippen LogP contribution < -0.4 is 10.1 Å². The molecule has 1 heterocycles. The molecule has 21 heavy (non-hydrogen) atoms. The van der Waals surface area contributed by atoms with Gasteiger partial charge in [0.1, 0.15) is 34.3 Å². The van der Waals surface area contributed by atoms with Gasteiger partial charge in [-0.3, -0.25) is 0 Å². The fourth-order valence-corrected chi connectivity index (χ4v) is 1.98. The normalized spacial score (nSPS) is 10.0. The lowest BCUT2D eigenvalue weighted by molar-refractivity contribution is 0.453. The molecule has 1 aromatic heterocycles. The van der Waals surface area contributed by atoms with Gasteiger partial charge in [-0.2, -0.15) is 5.26 Å². The Kier molecular flexibility index (Phi) is 5.06. The fourth-order valence-electron chi connectivity index (χ4n) is 1.55. The van der Waals surface area contributed by atoms with Gasteiger partial charge in [0.15, 0.2) is 0 Å². The molecule has 0 saturated carbocycles. The molecule has 0 aliphatic rings. The van der Waals surface area contributed by atoms with Crippen molar-refractivity contribution < 1.29 is 9.13 Å². The molecule has 0 aliphatic carbocycles. The summed E-state index contributed by atoms with van der Waals surface area (Å²) in [5, 5.41) is 11.8. The van der Waals surface area contributed by atoms with E-state index in [4.69, 9.17) is 10.00 Å². The van der Waals surface area contributed by atoms with Crippen molar-refractivity contribution in [3.05, 3.63) is 40.4 Å². The molecule has 2 rings (SSSR count). The number of nitrogens with zero attached hydrogens (tertiary/aromatic N) is 3. The molecule has 0 fully saturated rings. The summed E-state index contributed by atoms with van der Waals surface area (Å²) in [5.41, 5.74) is -0.0330. The molecule has 1 aromatic carbocycles. The second-order valence-electron chi connectivity index (χ2n) is 4.12. The molecule has 0 radical (unpaired) electrons. The molecule has 108 valence electrons. The molecule has 5 nitrogen and oxygen atoms in total. The summed E-state index contributed by atoms with van der Waals surface area (Å²) in [6.45, 7) is 2.81. The number of benzene rings is 1. The maximum absolute atomic E-state index is 13.5. The molecule has 2 aromatic rings. The third kappa shape index (κ3) is 3.67. The fraction of sp³-hybridized carbons (Fsp3) is 0.214. The van der Waals surface area contributed by atoms with Crippen LogP contribution in [0.4, 0.5) is 10.2 Å². The van der Waals surface area contributed by atoms with Crippen LogP contribution in [0.1, 0.15) is 18.9 Å². The van der Waals surface area contributed by atoms with Crippen molar-refractivity contribution in [2.75, 3.05) is 11.9 Å². The smallest absolute Gasteiger partial charge is 0.238 e. The number of nitrogens with one attached hydrogen (secondary N) is 1. The summed E-state index contributed by atoms with van der Waals surface area (Å²) in [7, 11) is 0. The zero-order valence-electron chi connectivity index (χ0n) is 11.2. The van der Waals surface area contributed by atoms with E-state index in [0.717, 1.165) is 19.0 Å². The maximum Gasteiger partial charge on any atom is 0.238 e. The van der Waals surface area contributed by atoms with Crippen LogP contribution in [-0.2, 0) is 0 Å². The van der Waals surface area contributed by atoms with Gasteiger partial charge in [0.25, 0.3) is 0 Å². The van der Waals surface area contributed by atoms with Gasteiger partial charge in [0.2, 0.25) is 5.88 Å². The van der Waals surface area contributed by atoms with Gasteiger partial charge in [-0.05, 0) is 34.5 Å². The van der Waals surface area contributed by atoms with Crippen LogP contribution >= 0.6 is 15.9 Å². The van der Waals surface area contributed by atoms with Crippen LogP contribution in [0.2, 0.25) is 0 Å². The monoisotopic (exact) mass is 350 g/mol. The molecule has 0 bridgehead atoms. The van der Waals surface area contributed by atoms with E-state index in [2.05, 4.69) is 31.2 Å². The maximum atomic E-state index is 13.5. The standard InChI is InChI=1S/C14H12BrFN4O/c1-2-5-18-13-12(15)14(20-8-19-13)21-10-4-3-9(7-17)11(16)6-10/h3-4,6,8H,2,5H2,1H3,(H,18,19,20). The number of hydrogen-bond donors (Lipinski definition) is 1. The number of aromatic nitrogens is 2. The molecule has 0 unspecified atom stereocenters. The minimum absolute atomic E-state index is 0.0330. The Morgan fingerprint density at radius 1 is 1.43 bits per heavy atom. The SMILES string of the molecule is CCCNc1ncnc(Oc2ccc(C#N)c(F)c2)c1Br. The molecular weight excluding hydrogens is 339 g/mol. The molecular formula is C14H12BrFN4O. The summed E-state index contributed by atoms with van der Waals surface area (Å²) in [5.74, 6) is 0.500. The highest BCUT2D eigenvalue weighted by molar-refractivity contribution is 9.10. The number of rotatable bonds is 5. The Balaban J connectivity index is 2.23. The van der Waals surface area contributed by atoms with Crippen LogP contribution in [0, 0.1) is 17.1 Å². The van der Waals surface area contributed by atoms with Gasteiger partial charge >= 0.3 is 0 Å². The van der Waals surface area contributed by atoms with Crippen molar-refractivity contribution in [2.45, 2.75) is 13.3 Å². The number of halogens is 2. The predicted octanol–water partition coefficient (Wildman–Crippen LogP) is 3.86. The highest BCUT2D eigenvalue weighted by Gasteiger charge is 2.11. The zero-order chi connectivity index (χ0) is 15.2. The Morgan fingerprint density at radius 2 is 2.24 bits per heavy atom. The third-order valence-corrected chi connectivity index (χ3v) is 3.29. The lowest BCUT2D eigenvalue weighted by Gasteiger charge is -2.10. The number of ether oxygens (including phenoxy) is 1. The van der Waals surface area contributed by atoms with Gasteiger partial charge in [0.05, 0.1) is 5.56 Å². The molecule has 1 N–H and O–H groups in total. The summed E-state index contributed by atoms with van der Waals surface area (Å²) < 4.78 is 19.6. The number of hydrogen-bond acceptors (Lipinski definition) is 5. The van der Waals surface area contributed by atoms with Crippen LogP contribution in [-0.4, -0.2) is 16.5 Å². The molecule has 0 saturated heterocycles. The van der Waals surface area contributed by atoms with Gasteiger partial charge in [-0.25, -0.2) is 14.4 Å². The summed E-state index contributed by atoms with van der Waals surface area (Å²) >= 11 is 3.36. The van der Waals surface area contributed by atoms with Gasteiger partial charge < -0.3 is 10.1 Å². The average molecular weight is 351 g/mol. The average Bonchev–Trinajstić information content (AvgIpc) is 2.48. The van der Waals surface area contributed by atoms with E-state index in [-0.39, 0.29) is 17.2 Å². The lowest BCUT2D eigenvalue weighted by atomic mass is 10.2. The summed E-state index contributed by atoms with van der Waals surface area (Å²) in [6, 6.07) is 5.77. The van der Waals surface area contributed by atoms with Crippen molar-refractivity contribution in [1.29, 1.82) is 5.26 Å². The van der Waals surface area contributed by atoms with E-state index in [1.54, 1.807) is 6.07 Å². The van der Waals surface area contributed by atoms with E-state index in [9.17, 15) is 4.39 Å². The Hall–Kier alpha value is -2.20. The third-order valence-electron chi connectivity index (χ3n) is 2.58. The quantitative estimate of drug-likeness (QED) is 0.886. The van der Waals surface area contributed by atoms with Crippen molar-refractivity contribution in [2.24, 2.45) is 0 Å². The van der Waals surface area contributed by atoms with E-state index < -0.39 is 5.82 Å². The first-order valence-corrected chi connectivity index (χ1v) is 7.07. The van der Waals surface area contributed by atoms with Gasteiger partial charge in [0, 0.05) is 12.6 Å².